The van der Waals surface area contributed by atoms with Crippen LogP contribution in [0.2, 0.25) is 0 Å². The van der Waals surface area contributed by atoms with Crippen molar-refractivity contribution < 1.29 is 13.5 Å². The van der Waals surface area contributed by atoms with Crippen LogP contribution in [0.15, 0.2) is 24.4 Å². The van der Waals surface area contributed by atoms with Crippen molar-refractivity contribution in [2.45, 2.75) is 46.9 Å². The Morgan fingerprint density at radius 1 is 1.36 bits per heavy atom. The number of aromatic nitrogens is 2. The summed E-state index contributed by atoms with van der Waals surface area (Å²) in [7, 11) is 0. The topological polar surface area (TPSA) is 51.1 Å². The molecule has 0 amide bonds. The maximum Gasteiger partial charge on any atom is 0.387 e. The van der Waals surface area contributed by atoms with Gasteiger partial charge >= 0.3 is 6.61 Å². The largest absolute Gasteiger partial charge is 0.433 e. The van der Waals surface area contributed by atoms with Crippen LogP contribution in [0.4, 0.5) is 14.5 Å². The fraction of sp³-hybridized carbons (Fsp3) is 0.412. The zero-order valence-corrected chi connectivity index (χ0v) is 15.5. The van der Waals surface area contributed by atoms with Crippen molar-refractivity contribution in [2.24, 2.45) is 0 Å². The Bertz CT molecular complexity index is 748. The first kappa shape index (κ1) is 19.1. The third-order valence-corrected chi connectivity index (χ3v) is 4.08. The Hall–Kier alpha value is -2.22. The van der Waals surface area contributed by atoms with E-state index in [-0.39, 0.29) is 11.8 Å². The summed E-state index contributed by atoms with van der Waals surface area (Å²) in [6.45, 7) is 5.67. The van der Waals surface area contributed by atoms with Crippen LogP contribution in [-0.2, 0) is 6.54 Å². The van der Waals surface area contributed by atoms with Crippen LogP contribution in [0.3, 0.4) is 0 Å². The van der Waals surface area contributed by atoms with E-state index < -0.39 is 6.61 Å². The summed E-state index contributed by atoms with van der Waals surface area (Å²) >= 11 is 5.30. The predicted molar refractivity (Wildman–Crippen MR) is 98.2 cm³/mol. The molecular weight excluding hydrogens is 346 g/mol. The van der Waals surface area contributed by atoms with E-state index in [1.807, 2.05) is 25.5 Å². The zero-order valence-electron chi connectivity index (χ0n) is 14.6. The third kappa shape index (κ3) is 4.88. The molecule has 0 radical (unpaired) electrons. The number of rotatable bonds is 6. The van der Waals surface area contributed by atoms with Crippen LogP contribution in [0.5, 0.6) is 5.75 Å². The van der Waals surface area contributed by atoms with Crippen LogP contribution in [0, 0.1) is 13.8 Å². The second-order valence-corrected chi connectivity index (χ2v) is 6.11. The molecule has 0 spiro atoms. The fourth-order valence-electron chi connectivity index (χ4n) is 2.56. The molecule has 1 aromatic heterocycles. The number of nitrogens with zero attached hydrogens (tertiary/aromatic N) is 2. The fourth-order valence-corrected chi connectivity index (χ4v) is 2.85. The number of alkyl halides is 2. The maximum absolute atomic E-state index is 12.6. The predicted octanol–water partition coefficient (Wildman–Crippen LogP) is 4.17. The Morgan fingerprint density at radius 2 is 2.08 bits per heavy atom. The van der Waals surface area contributed by atoms with Crippen molar-refractivity contribution in [3.63, 3.8) is 0 Å². The number of nitrogens with one attached hydrogen (secondary N) is 2. The lowest BCUT2D eigenvalue weighted by molar-refractivity contribution is -0.0493. The van der Waals surface area contributed by atoms with Crippen molar-refractivity contribution in [1.29, 1.82) is 0 Å². The lowest BCUT2D eigenvalue weighted by atomic mass is 10.1. The summed E-state index contributed by atoms with van der Waals surface area (Å²) in [6.07, 6.45) is 1.80. The van der Waals surface area contributed by atoms with Crippen molar-refractivity contribution in [3.05, 3.63) is 41.2 Å². The van der Waals surface area contributed by atoms with Gasteiger partial charge in [0.2, 0.25) is 0 Å². The van der Waals surface area contributed by atoms with Gasteiger partial charge in [0, 0.05) is 17.8 Å². The molecule has 0 aliphatic heterocycles. The van der Waals surface area contributed by atoms with E-state index in [1.54, 1.807) is 25.3 Å². The molecular formula is C17H22F2N4OS. The van der Waals surface area contributed by atoms with Crippen molar-refractivity contribution in [3.8, 4) is 5.75 Å². The average Bonchev–Trinajstić information content (AvgIpc) is 2.90. The number of aryl methyl sites for hydroxylation is 2. The highest BCUT2D eigenvalue weighted by Crippen LogP contribution is 2.27. The number of hydrogen-bond acceptors (Lipinski definition) is 3. The highest BCUT2D eigenvalue weighted by atomic mass is 32.1. The van der Waals surface area contributed by atoms with Gasteiger partial charge in [-0.3, -0.25) is 4.68 Å². The van der Waals surface area contributed by atoms with Crippen LogP contribution in [-0.4, -0.2) is 21.5 Å². The number of ether oxygens (including phenoxy) is 1. The summed E-state index contributed by atoms with van der Waals surface area (Å²) in [5.74, 6) is 0.0572. The molecule has 1 heterocycles. The van der Waals surface area contributed by atoms with Gasteiger partial charge < -0.3 is 15.4 Å². The van der Waals surface area contributed by atoms with Gasteiger partial charge in [0.05, 0.1) is 17.9 Å². The molecule has 1 unspecified atom stereocenters. The monoisotopic (exact) mass is 368 g/mol. The molecule has 0 aliphatic carbocycles. The molecule has 0 saturated carbocycles. The maximum atomic E-state index is 12.6. The van der Waals surface area contributed by atoms with E-state index in [1.165, 1.54) is 6.07 Å². The lowest BCUT2D eigenvalue weighted by Gasteiger charge is -2.19. The van der Waals surface area contributed by atoms with Crippen LogP contribution in [0.1, 0.15) is 36.7 Å². The minimum atomic E-state index is -2.90. The Balaban J connectivity index is 2.08. The molecule has 136 valence electrons. The first-order valence-electron chi connectivity index (χ1n) is 7.97. The summed E-state index contributed by atoms with van der Waals surface area (Å²) in [5, 5.41) is 10.7. The Kier molecular flexibility index (Phi) is 6.30. The second kappa shape index (κ2) is 8.24. The van der Waals surface area contributed by atoms with Crippen molar-refractivity contribution >= 4 is 23.0 Å². The number of benzene rings is 1. The van der Waals surface area contributed by atoms with Gasteiger partial charge in [-0.25, -0.2) is 0 Å². The van der Waals surface area contributed by atoms with E-state index in [9.17, 15) is 8.78 Å². The SMILES string of the molecule is CCn1ncc(C(C)NC(=S)Nc2ccc(C)cc2OC(F)F)c1C. The number of halogens is 2. The van der Waals surface area contributed by atoms with E-state index >= 15 is 0 Å². The summed E-state index contributed by atoms with van der Waals surface area (Å²) in [6, 6.07) is 4.91. The minimum absolute atomic E-state index is 0.0572. The molecule has 0 bridgehead atoms. The zero-order chi connectivity index (χ0) is 18.6. The molecule has 0 aliphatic rings. The first-order valence-corrected chi connectivity index (χ1v) is 8.38. The minimum Gasteiger partial charge on any atom is -0.433 e. The second-order valence-electron chi connectivity index (χ2n) is 5.70. The van der Waals surface area contributed by atoms with E-state index in [2.05, 4.69) is 20.5 Å². The highest BCUT2D eigenvalue weighted by Gasteiger charge is 2.15. The smallest absolute Gasteiger partial charge is 0.387 e. The van der Waals surface area contributed by atoms with Crippen LogP contribution in [0.25, 0.3) is 0 Å². The molecule has 0 fully saturated rings. The third-order valence-electron chi connectivity index (χ3n) is 3.86. The summed E-state index contributed by atoms with van der Waals surface area (Å²) < 4.78 is 31.6. The number of thiocarbonyl (C=S) groups is 1. The van der Waals surface area contributed by atoms with Gasteiger partial charge in [0.1, 0.15) is 5.75 Å². The molecule has 2 N–H and O–H groups in total. The van der Waals surface area contributed by atoms with Gasteiger partial charge in [-0.15, -0.1) is 0 Å². The van der Waals surface area contributed by atoms with Gasteiger partial charge in [-0.2, -0.15) is 13.9 Å². The lowest BCUT2D eigenvalue weighted by Crippen LogP contribution is -2.31. The molecule has 2 rings (SSSR count). The normalized spacial score (nSPS) is 12.1. The Morgan fingerprint density at radius 3 is 2.68 bits per heavy atom. The average molecular weight is 368 g/mol. The molecule has 1 atom stereocenters. The Labute approximate surface area is 151 Å². The number of hydrogen-bond donors (Lipinski definition) is 2. The quantitative estimate of drug-likeness (QED) is 0.750. The standard InChI is InChI=1S/C17H22F2N4OS/c1-5-23-12(4)13(9-20-23)11(3)21-17(25)22-14-7-6-10(2)8-15(14)24-16(18)19/h6-9,11,16H,5H2,1-4H3,(H2,21,22,25). The van der Waals surface area contributed by atoms with Crippen molar-refractivity contribution in [2.75, 3.05) is 5.32 Å². The molecule has 1 aromatic carbocycles. The molecule has 5 nitrogen and oxygen atoms in total. The summed E-state index contributed by atoms with van der Waals surface area (Å²) in [5.41, 5.74) is 3.29. The van der Waals surface area contributed by atoms with E-state index in [0.717, 1.165) is 23.4 Å². The van der Waals surface area contributed by atoms with Gasteiger partial charge in [0.15, 0.2) is 5.11 Å². The number of anilines is 1. The molecule has 2 aromatic rings. The van der Waals surface area contributed by atoms with Gasteiger partial charge in [-0.1, -0.05) is 6.07 Å². The van der Waals surface area contributed by atoms with Gasteiger partial charge in [0.25, 0.3) is 0 Å². The highest BCUT2D eigenvalue weighted by molar-refractivity contribution is 7.80. The van der Waals surface area contributed by atoms with Crippen LogP contribution < -0.4 is 15.4 Å². The molecule has 8 heteroatoms. The van der Waals surface area contributed by atoms with E-state index in [4.69, 9.17) is 12.2 Å². The van der Waals surface area contributed by atoms with Crippen LogP contribution >= 0.6 is 12.2 Å². The first-order chi connectivity index (χ1) is 11.8. The van der Waals surface area contributed by atoms with Crippen molar-refractivity contribution in [1.82, 2.24) is 15.1 Å². The van der Waals surface area contributed by atoms with E-state index in [0.29, 0.717) is 10.8 Å². The van der Waals surface area contributed by atoms with Gasteiger partial charge in [-0.05, 0) is 57.6 Å². The molecule has 25 heavy (non-hydrogen) atoms. The summed E-state index contributed by atoms with van der Waals surface area (Å²) in [4.78, 5) is 0. The molecule has 0 saturated heterocycles.